The second-order valence-electron chi connectivity index (χ2n) is 4.39. The minimum atomic E-state index is -0.350. The van der Waals surface area contributed by atoms with Gasteiger partial charge in [0.2, 0.25) is 11.9 Å². The minimum Gasteiger partial charge on any atom is -0.458 e. The van der Waals surface area contributed by atoms with Crippen LogP contribution in [0.5, 0.6) is 6.01 Å². The van der Waals surface area contributed by atoms with Gasteiger partial charge < -0.3 is 15.4 Å². The predicted octanol–water partition coefficient (Wildman–Crippen LogP) is 0.697. The first-order valence-electron chi connectivity index (χ1n) is 4.66. The molecule has 0 radical (unpaired) electrons. The highest BCUT2D eigenvalue weighted by molar-refractivity contribution is 5.33. The lowest BCUT2D eigenvalue weighted by Gasteiger charge is -2.20. The Bertz CT molecular complexity index is 345. The van der Waals surface area contributed by atoms with Crippen molar-refractivity contribution in [3.63, 3.8) is 0 Å². The van der Waals surface area contributed by atoms with Gasteiger partial charge in [0, 0.05) is 14.1 Å². The van der Waals surface area contributed by atoms with Crippen molar-refractivity contribution in [2.45, 2.75) is 26.4 Å². The molecule has 0 aliphatic heterocycles. The maximum absolute atomic E-state index is 5.55. The standard InChI is InChI=1S/C9H17N5O/c1-9(2,3)15-8-12-6(10)11-7(13-8)14(4)5/h1-5H3,(H2,10,11,12,13). The molecular weight excluding hydrogens is 194 g/mol. The summed E-state index contributed by atoms with van der Waals surface area (Å²) in [5, 5.41) is 0. The molecule has 0 amide bonds. The number of hydrogen-bond acceptors (Lipinski definition) is 6. The van der Waals surface area contributed by atoms with Gasteiger partial charge in [0.15, 0.2) is 0 Å². The normalized spacial score (nSPS) is 11.3. The highest BCUT2D eigenvalue weighted by atomic mass is 16.5. The Morgan fingerprint density at radius 2 is 1.73 bits per heavy atom. The second-order valence-corrected chi connectivity index (χ2v) is 4.39. The molecule has 0 fully saturated rings. The third-order valence-electron chi connectivity index (χ3n) is 1.42. The Labute approximate surface area is 89.5 Å². The largest absolute Gasteiger partial charge is 0.458 e. The van der Waals surface area contributed by atoms with Gasteiger partial charge in [-0.3, -0.25) is 0 Å². The van der Waals surface area contributed by atoms with Crippen molar-refractivity contribution in [3.05, 3.63) is 0 Å². The number of rotatable bonds is 2. The molecule has 1 heterocycles. The number of anilines is 2. The highest BCUT2D eigenvalue weighted by Crippen LogP contribution is 2.16. The lowest BCUT2D eigenvalue weighted by molar-refractivity contribution is 0.117. The quantitative estimate of drug-likeness (QED) is 0.775. The summed E-state index contributed by atoms with van der Waals surface area (Å²) in [6.45, 7) is 5.76. The number of hydrogen-bond donors (Lipinski definition) is 1. The van der Waals surface area contributed by atoms with E-state index in [1.165, 1.54) is 0 Å². The fourth-order valence-electron chi connectivity index (χ4n) is 0.881. The molecule has 6 heteroatoms. The van der Waals surface area contributed by atoms with E-state index in [2.05, 4.69) is 15.0 Å². The molecule has 0 aliphatic carbocycles. The Morgan fingerprint density at radius 1 is 1.13 bits per heavy atom. The monoisotopic (exact) mass is 211 g/mol. The first-order valence-corrected chi connectivity index (χ1v) is 4.66. The van der Waals surface area contributed by atoms with Crippen LogP contribution in [0, 0.1) is 0 Å². The van der Waals surface area contributed by atoms with Crippen molar-refractivity contribution < 1.29 is 4.74 Å². The zero-order valence-corrected chi connectivity index (χ0v) is 9.77. The van der Waals surface area contributed by atoms with Crippen LogP contribution in [0.4, 0.5) is 11.9 Å². The smallest absolute Gasteiger partial charge is 0.323 e. The molecule has 6 nitrogen and oxygen atoms in total. The maximum atomic E-state index is 5.55. The fraction of sp³-hybridized carbons (Fsp3) is 0.667. The molecule has 1 rings (SSSR count). The molecule has 0 atom stereocenters. The zero-order chi connectivity index (χ0) is 11.6. The maximum Gasteiger partial charge on any atom is 0.323 e. The molecule has 1 aromatic rings. The fourth-order valence-corrected chi connectivity index (χ4v) is 0.881. The third-order valence-corrected chi connectivity index (χ3v) is 1.42. The van der Waals surface area contributed by atoms with Crippen LogP contribution in [0.3, 0.4) is 0 Å². The van der Waals surface area contributed by atoms with Crippen LogP contribution in [0.2, 0.25) is 0 Å². The summed E-state index contributed by atoms with van der Waals surface area (Å²) < 4.78 is 5.50. The number of aromatic nitrogens is 3. The summed E-state index contributed by atoms with van der Waals surface area (Å²) in [6.07, 6.45) is 0. The van der Waals surface area contributed by atoms with Gasteiger partial charge in [-0.25, -0.2) is 0 Å². The molecule has 2 N–H and O–H groups in total. The molecule has 0 unspecified atom stereocenters. The van der Waals surface area contributed by atoms with Crippen LogP contribution < -0.4 is 15.4 Å². The van der Waals surface area contributed by atoms with Gasteiger partial charge in [0.05, 0.1) is 0 Å². The van der Waals surface area contributed by atoms with Crippen molar-refractivity contribution in [1.82, 2.24) is 15.0 Å². The average Bonchev–Trinajstić information content (AvgIpc) is 1.99. The summed E-state index contributed by atoms with van der Waals surface area (Å²) in [6, 6.07) is 0.249. The summed E-state index contributed by atoms with van der Waals surface area (Å²) >= 11 is 0. The van der Waals surface area contributed by atoms with Crippen LogP contribution in [0.1, 0.15) is 20.8 Å². The van der Waals surface area contributed by atoms with Crippen molar-refractivity contribution in [2.75, 3.05) is 24.7 Å². The number of nitrogens with zero attached hydrogens (tertiary/aromatic N) is 4. The Morgan fingerprint density at radius 3 is 2.20 bits per heavy atom. The Hall–Kier alpha value is -1.59. The van der Waals surface area contributed by atoms with Crippen LogP contribution in [0.15, 0.2) is 0 Å². The lowest BCUT2D eigenvalue weighted by atomic mass is 10.2. The van der Waals surface area contributed by atoms with Crippen LogP contribution in [-0.4, -0.2) is 34.6 Å². The highest BCUT2D eigenvalue weighted by Gasteiger charge is 2.15. The first kappa shape index (κ1) is 11.5. The Balaban J connectivity index is 2.99. The number of ether oxygens (including phenoxy) is 1. The van der Waals surface area contributed by atoms with Crippen molar-refractivity contribution in [1.29, 1.82) is 0 Å². The van der Waals surface area contributed by atoms with E-state index in [9.17, 15) is 0 Å². The SMILES string of the molecule is CN(C)c1nc(N)nc(OC(C)(C)C)n1. The average molecular weight is 211 g/mol. The van der Waals surface area contributed by atoms with Gasteiger partial charge >= 0.3 is 6.01 Å². The van der Waals surface area contributed by atoms with E-state index in [-0.39, 0.29) is 17.6 Å². The van der Waals surface area contributed by atoms with Crippen molar-refractivity contribution in [2.24, 2.45) is 0 Å². The molecular formula is C9H17N5O. The van der Waals surface area contributed by atoms with Crippen molar-refractivity contribution in [3.8, 4) is 6.01 Å². The summed E-state index contributed by atoms with van der Waals surface area (Å²) in [7, 11) is 3.66. The van der Waals surface area contributed by atoms with E-state index >= 15 is 0 Å². The minimum absolute atomic E-state index is 0.160. The van der Waals surface area contributed by atoms with E-state index in [0.717, 1.165) is 0 Å². The molecule has 0 aliphatic rings. The van der Waals surface area contributed by atoms with E-state index < -0.39 is 0 Å². The lowest BCUT2D eigenvalue weighted by Crippen LogP contribution is -2.25. The second kappa shape index (κ2) is 3.88. The van der Waals surface area contributed by atoms with E-state index in [4.69, 9.17) is 10.5 Å². The molecule has 0 aromatic carbocycles. The molecule has 84 valence electrons. The van der Waals surface area contributed by atoms with Gasteiger partial charge in [-0.05, 0) is 20.8 Å². The molecule has 0 saturated heterocycles. The molecule has 1 aromatic heterocycles. The summed E-state index contributed by atoms with van der Waals surface area (Å²) in [5.41, 5.74) is 5.20. The summed E-state index contributed by atoms with van der Waals surface area (Å²) in [4.78, 5) is 13.7. The molecule has 0 bridgehead atoms. The van der Waals surface area contributed by atoms with Crippen molar-refractivity contribution >= 4 is 11.9 Å². The topological polar surface area (TPSA) is 77.2 Å². The van der Waals surface area contributed by atoms with Gasteiger partial charge in [0.1, 0.15) is 5.60 Å². The zero-order valence-electron chi connectivity index (χ0n) is 9.77. The number of nitrogens with two attached hydrogens (primary N) is 1. The molecule has 0 saturated carbocycles. The van der Waals surface area contributed by atoms with Gasteiger partial charge in [-0.1, -0.05) is 0 Å². The van der Waals surface area contributed by atoms with Gasteiger partial charge in [-0.2, -0.15) is 15.0 Å². The van der Waals surface area contributed by atoms with Crippen LogP contribution in [-0.2, 0) is 0 Å². The third kappa shape index (κ3) is 3.57. The summed E-state index contributed by atoms with van der Waals surface area (Å²) in [5.74, 6) is 0.648. The first-order chi connectivity index (χ1) is 6.78. The van der Waals surface area contributed by atoms with E-state index in [1.807, 2.05) is 34.9 Å². The number of nitrogen functional groups attached to an aromatic ring is 1. The van der Waals surface area contributed by atoms with Crippen LogP contribution >= 0.6 is 0 Å². The predicted molar refractivity (Wildman–Crippen MR) is 58.9 cm³/mol. The van der Waals surface area contributed by atoms with Crippen LogP contribution in [0.25, 0.3) is 0 Å². The van der Waals surface area contributed by atoms with Gasteiger partial charge in [0.25, 0.3) is 0 Å². The van der Waals surface area contributed by atoms with E-state index in [0.29, 0.717) is 5.95 Å². The molecule has 15 heavy (non-hydrogen) atoms. The van der Waals surface area contributed by atoms with E-state index in [1.54, 1.807) is 4.90 Å². The molecule has 0 spiro atoms. The van der Waals surface area contributed by atoms with Gasteiger partial charge in [-0.15, -0.1) is 0 Å². The Kier molecular flexibility index (Phi) is 2.97.